The Labute approximate surface area is 157 Å². The van der Waals surface area contributed by atoms with Crippen LogP contribution < -0.4 is 0 Å². The lowest BCUT2D eigenvalue weighted by Crippen LogP contribution is -2.31. The van der Waals surface area contributed by atoms with Crippen LogP contribution in [0.2, 0.25) is 0 Å². The summed E-state index contributed by atoms with van der Waals surface area (Å²) in [6.07, 6.45) is 4.79. The molecule has 1 aliphatic heterocycles. The van der Waals surface area contributed by atoms with Crippen molar-refractivity contribution < 1.29 is 4.39 Å². The average molecular weight is 370 g/mol. The van der Waals surface area contributed by atoms with Crippen molar-refractivity contribution in [1.82, 2.24) is 39.9 Å². The Balaban J connectivity index is 1.53. The normalized spacial score (nSPS) is 16.1. The predicted octanol–water partition coefficient (Wildman–Crippen LogP) is 1.38. The summed E-state index contributed by atoms with van der Waals surface area (Å²) in [4.78, 5) is 7.12. The van der Waals surface area contributed by atoms with Crippen LogP contribution in [0.15, 0.2) is 30.6 Å². The minimum atomic E-state index is -0.241. The number of aromatic nitrogens is 7. The van der Waals surface area contributed by atoms with Crippen LogP contribution in [0.25, 0.3) is 0 Å². The molecule has 9 heteroatoms. The summed E-state index contributed by atoms with van der Waals surface area (Å²) >= 11 is 0. The van der Waals surface area contributed by atoms with Crippen molar-refractivity contribution >= 4 is 0 Å². The molecule has 0 spiro atoms. The Bertz CT molecular complexity index is 850. The Kier molecular flexibility index (Phi) is 5.19. The van der Waals surface area contributed by atoms with Gasteiger partial charge < -0.3 is 4.90 Å². The number of halogens is 1. The van der Waals surface area contributed by atoms with Gasteiger partial charge in [0.15, 0.2) is 5.82 Å². The molecule has 27 heavy (non-hydrogen) atoms. The van der Waals surface area contributed by atoms with E-state index in [4.69, 9.17) is 10.1 Å². The van der Waals surface area contributed by atoms with Crippen molar-refractivity contribution in [3.63, 3.8) is 0 Å². The lowest BCUT2D eigenvalue weighted by molar-refractivity contribution is 0.217. The number of piperidine rings is 1. The van der Waals surface area contributed by atoms with E-state index in [1.165, 1.54) is 25.0 Å². The highest BCUT2D eigenvalue weighted by molar-refractivity contribution is 5.16. The van der Waals surface area contributed by atoms with Gasteiger partial charge in [-0.15, -0.1) is 5.10 Å². The second kappa shape index (κ2) is 7.91. The molecule has 0 amide bonds. The van der Waals surface area contributed by atoms with Gasteiger partial charge in [-0.1, -0.05) is 12.1 Å². The molecule has 0 bridgehead atoms. The number of hydrogen-bond acceptors (Lipinski definition) is 6. The third kappa shape index (κ3) is 4.54. The van der Waals surface area contributed by atoms with Crippen molar-refractivity contribution in [2.24, 2.45) is 5.92 Å². The van der Waals surface area contributed by atoms with Crippen molar-refractivity contribution in [3.8, 4) is 0 Å². The first-order chi connectivity index (χ1) is 13.2. The zero-order valence-corrected chi connectivity index (χ0v) is 15.4. The Morgan fingerprint density at radius 3 is 2.59 bits per heavy atom. The summed E-state index contributed by atoms with van der Waals surface area (Å²) in [5.74, 6) is 2.03. The van der Waals surface area contributed by atoms with Crippen LogP contribution in [-0.4, -0.2) is 60.0 Å². The van der Waals surface area contributed by atoms with Gasteiger partial charge in [0, 0.05) is 6.42 Å². The summed E-state index contributed by atoms with van der Waals surface area (Å²) in [5.41, 5.74) is 0.977. The molecule has 0 N–H and O–H groups in total. The van der Waals surface area contributed by atoms with Crippen LogP contribution in [0.1, 0.15) is 30.1 Å². The number of nitrogens with zero attached hydrogens (tertiary/aromatic N) is 8. The van der Waals surface area contributed by atoms with Gasteiger partial charge in [-0.3, -0.25) is 0 Å². The summed E-state index contributed by atoms with van der Waals surface area (Å²) in [7, 11) is 2.16. The molecule has 2 aromatic heterocycles. The van der Waals surface area contributed by atoms with Crippen molar-refractivity contribution in [2.75, 3.05) is 20.1 Å². The smallest absolute Gasteiger partial charge is 0.151 e. The molecular weight excluding hydrogens is 347 g/mol. The average Bonchev–Trinajstić information content (AvgIpc) is 3.30. The van der Waals surface area contributed by atoms with E-state index in [9.17, 15) is 4.39 Å². The Hall–Kier alpha value is -2.68. The fraction of sp³-hybridized carbons (Fsp3) is 0.500. The summed E-state index contributed by atoms with van der Waals surface area (Å²) in [5, 5.41) is 16.0. The lowest BCUT2D eigenvalue weighted by Gasteiger charge is -2.28. The van der Waals surface area contributed by atoms with Crippen molar-refractivity contribution in [3.05, 3.63) is 53.6 Å². The second-order valence-electron chi connectivity index (χ2n) is 7.19. The molecule has 0 saturated carbocycles. The highest BCUT2D eigenvalue weighted by Gasteiger charge is 2.20. The van der Waals surface area contributed by atoms with Crippen LogP contribution in [0.5, 0.6) is 0 Å². The molecule has 3 aromatic rings. The standard InChI is InChI=1S/C18H23FN8/c1-25-8-6-14(7-9-25)10-17-21-18(12-26-13-20-23-24-26)27(22-17)11-15-2-4-16(19)5-3-15/h2-5,13-14H,6-12H2,1H3. The molecule has 3 heterocycles. The monoisotopic (exact) mass is 370 g/mol. The molecule has 0 atom stereocenters. The lowest BCUT2D eigenvalue weighted by atomic mass is 9.94. The molecule has 1 fully saturated rings. The molecule has 0 aliphatic carbocycles. The van der Waals surface area contributed by atoms with Crippen LogP contribution in [0, 0.1) is 11.7 Å². The molecular formula is C18H23FN8. The van der Waals surface area contributed by atoms with E-state index in [2.05, 4.69) is 27.5 Å². The minimum Gasteiger partial charge on any atom is -0.306 e. The largest absolute Gasteiger partial charge is 0.306 e. The minimum absolute atomic E-state index is 0.241. The topological polar surface area (TPSA) is 77.5 Å². The fourth-order valence-electron chi connectivity index (χ4n) is 3.44. The van der Waals surface area contributed by atoms with E-state index < -0.39 is 0 Å². The molecule has 142 valence electrons. The Morgan fingerprint density at radius 1 is 1.11 bits per heavy atom. The Morgan fingerprint density at radius 2 is 1.89 bits per heavy atom. The van der Waals surface area contributed by atoms with Gasteiger partial charge in [0.05, 0.1) is 6.54 Å². The number of likely N-dealkylation sites (tertiary alicyclic amines) is 1. The summed E-state index contributed by atoms with van der Waals surface area (Å²) < 4.78 is 16.7. The predicted molar refractivity (Wildman–Crippen MR) is 96.4 cm³/mol. The number of hydrogen-bond donors (Lipinski definition) is 0. The van der Waals surface area contributed by atoms with Crippen molar-refractivity contribution in [2.45, 2.75) is 32.4 Å². The van der Waals surface area contributed by atoms with Crippen LogP contribution in [0.3, 0.4) is 0 Å². The van der Waals surface area contributed by atoms with Gasteiger partial charge in [-0.05, 0) is 67.0 Å². The first-order valence-corrected chi connectivity index (χ1v) is 9.22. The van der Waals surface area contributed by atoms with E-state index in [0.717, 1.165) is 36.7 Å². The maximum Gasteiger partial charge on any atom is 0.151 e. The molecule has 1 aliphatic rings. The zero-order valence-electron chi connectivity index (χ0n) is 15.4. The van der Waals surface area contributed by atoms with Crippen LogP contribution >= 0.6 is 0 Å². The van der Waals surface area contributed by atoms with Gasteiger partial charge in [0.2, 0.25) is 0 Å². The zero-order chi connectivity index (χ0) is 18.6. The SMILES string of the molecule is CN1CCC(Cc2nc(Cn3cnnn3)n(Cc3ccc(F)cc3)n2)CC1. The number of tetrazole rings is 1. The van der Waals surface area contributed by atoms with Gasteiger partial charge >= 0.3 is 0 Å². The van der Waals surface area contributed by atoms with Crippen molar-refractivity contribution in [1.29, 1.82) is 0 Å². The van der Waals surface area contributed by atoms with Crippen LogP contribution in [-0.2, 0) is 19.5 Å². The van der Waals surface area contributed by atoms with Crippen LogP contribution in [0.4, 0.5) is 4.39 Å². The molecule has 4 rings (SSSR count). The van der Waals surface area contributed by atoms with E-state index in [1.54, 1.807) is 23.1 Å². The third-order valence-electron chi connectivity index (χ3n) is 5.04. The maximum absolute atomic E-state index is 13.2. The number of benzene rings is 1. The third-order valence-corrected chi connectivity index (χ3v) is 5.04. The molecule has 0 radical (unpaired) electrons. The van der Waals surface area contributed by atoms with Gasteiger partial charge in [-0.2, -0.15) is 5.10 Å². The number of rotatable bonds is 6. The second-order valence-corrected chi connectivity index (χ2v) is 7.19. The van der Waals surface area contributed by atoms with E-state index in [-0.39, 0.29) is 5.82 Å². The van der Waals surface area contributed by atoms with E-state index in [0.29, 0.717) is 19.0 Å². The quantitative estimate of drug-likeness (QED) is 0.652. The van der Waals surface area contributed by atoms with Gasteiger partial charge in [0.25, 0.3) is 0 Å². The highest BCUT2D eigenvalue weighted by Crippen LogP contribution is 2.20. The first kappa shape index (κ1) is 17.7. The molecule has 1 saturated heterocycles. The first-order valence-electron chi connectivity index (χ1n) is 9.22. The van der Waals surface area contributed by atoms with Gasteiger partial charge in [-0.25, -0.2) is 18.7 Å². The van der Waals surface area contributed by atoms with Gasteiger partial charge in [0.1, 0.15) is 24.5 Å². The molecule has 1 aromatic carbocycles. The maximum atomic E-state index is 13.2. The molecule has 0 unspecified atom stereocenters. The summed E-state index contributed by atoms with van der Waals surface area (Å²) in [6, 6.07) is 6.47. The van der Waals surface area contributed by atoms with E-state index in [1.807, 2.05) is 4.68 Å². The van der Waals surface area contributed by atoms with E-state index >= 15 is 0 Å². The fourth-order valence-corrected chi connectivity index (χ4v) is 3.44. The highest BCUT2D eigenvalue weighted by atomic mass is 19.1. The summed E-state index contributed by atoms with van der Waals surface area (Å²) in [6.45, 7) is 3.24. The molecule has 8 nitrogen and oxygen atoms in total.